The highest BCUT2D eigenvalue weighted by Gasteiger charge is 2.33. The van der Waals surface area contributed by atoms with Gasteiger partial charge in [0.2, 0.25) is 0 Å². The van der Waals surface area contributed by atoms with Crippen LogP contribution >= 0.6 is 11.3 Å². The van der Waals surface area contributed by atoms with Crippen LogP contribution in [-0.4, -0.2) is 36.1 Å². The first kappa shape index (κ1) is 11.7. The van der Waals surface area contributed by atoms with Crippen LogP contribution in [0.1, 0.15) is 12.8 Å². The average Bonchev–Trinajstić information content (AvgIpc) is 2.94. The van der Waals surface area contributed by atoms with Gasteiger partial charge >= 0.3 is 0 Å². The molecule has 0 unspecified atom stereocenters. The molecule has 5 rings (SSSR count). The summed E-state index contributed by atoms with van der Waals surface area (Å²) in [4.78, 5) is 6.95. The Morgan fingerprint density at radius 2 is 2.21 bits per heavy atom. The van der Waals surface area contributed by atoms with Crippen molar-refractivity contribution in [3.8, 4) is 0 Å². The lowest BCUT2D eigenvalue weighted by Crippen LogP contribution is -2.49. The molecule has 0 spiro atoms. The summed E-state index contributed by atoms with van der Waals surface area (Å²) in [6.07, 6.45) is 2.81. The monoisotopic (exact) mass is 273 g/mol. The Bertz CT molecular complexity index is 572. The molecular formula is C15H19N3S. The molecule has 1 N–H and O–H groups in total. The van der Waals surface area contributed by atoms with E-state index in [-0.39, 0.29) is 0 Å². The zero-order valence-electron chi connectivity index (χ0n) is 11.0. The van der Waals surface area contributed by atoms with Crippen LogP contribution in [0, 0.1) is 11.8 Å². The van der Waals surface area contributed by atoms with Crippen molar-refractivity contribution >= 4 is 27.2 Å². The normalized spacial score (nSPS) is 29.8. The number of fused-ring (bicyclic) bond motifs is 4. The molecule has 100 valence electrons. The summed E-state index contributed by atoms with van der Waals surface area (Å²) in [6.45, 7) is 5.06. The SMILES string of the molecule is c1nc2ccc(NC[C@H]3CN4CCC3CC4)cc2s1. The molecule has 0 saturated carbocycles. The van der Waals surface area contributed by atoms with Crippen molar-refractivity contribution in [3.05, 3.63) is 23.7 Å². The zero-order chi connectivity index (χ0) is 12.7. The van der Waals surface area contributed by atoms with E-state index in [0.29, 0.717) is 0 Å². The van der Waals surface area contributed by atoms with E-state index in [1.165, 1.54) is 42.9 Å². The van der Waals surface area contributed by atoms with E-state index in [4.69, 9.17) is 0 Å². The topological polar surface area (TPSA) is 28.2 Å². The Labute approximate surface area is 117 Å². The Kier molecular flexibility index (Phi) is 2.93. The number of anilines is 1. The zero-order valence-corrected chi connectivity index (χ0v) is 11.8. The van der Waals surface area contributed by atoms with Gasteiger partial charge in [-0.2, -0.15) is 0 Å². The van der Waals surface area contributed by atoms with Crippen LogP contribution in [0.2, 0.25) is 0 Å². The minimum atomic E-state index is 0.833. The minimum Gasteiger partial charge on any atom is -0.385 e. The second kappa shape index (κ2) is 4.76. The van der Waals surface area contributed by atoms with Crippen LogP contribution < -0.4 is 5.32 Å². The average molecular weight is 273 g/mol. The first-order chi connectivity index (χ1) is 9.38. The van der Waals surface area contributed by atoms with Crippen molar-refractivity contribution in [2.24, 2.45) is 11.8 Å². The molecule has 19 heavy (non-hydrogen) atoms. The molecule has 4 heterocycles. The Balaban J connectivity index is 1.44. The van der Waals surface area contributed by atoms with Crippen molar-refractivity contribution in [2.75, 3.05) is 31.5 Å². The third-order valence-corrected chi connectivity index (χ3v) is 5.48. The molecule has 0 aliphatic carbocycles. The fourth-order valence-electron chi connectivity index (χ4n) is 3.53. The van der Waals surface area contributed by atoms with E-state index in [9.17, 15) is 0 Å². The van der Waals surface area contributed by atoms with Crippen molar-refractivity contribution in [3.63, 3.8) is 0 Å². The summed E-state index contributed by atoms with van der Waals surface area (Å²) >= 11 is 1.72. The molecule has 3 nitrogen and oxygen atoms in total. The van der Waals surface area contributed by atoms with Gasteiger partial charge in [0.25, 0.3) is 0 Å². The molecule has 3 saturated heterocycles. The van der Waals surface area contributed by atoms with Crippen LogP contribution in [0.5, 0.6) is 0 Å². The van der Waals surface area contributed by atoms with Gasteiger partial charge in [-0.05, 0) is 56.0 Å². The second-order valence-electron chi connectivity index (χ2n) is 5.81. The standard InChI is InChI=1S/C15H19N3S/c1-2-14-15(19-10-17-14)7-13(1)16-8-12-9-18-5-3-11(12)4-6-18/h1-2,7,10-12,16H,3-6,8-9H2/t12-/m0/s1. The maximum absolute atomic E-state index is 4.32. The first-order valence-corrected chi connectivity index (χ1v) is 8.06. The first-order valence-electron chi connectivity index (χ1n) is 7.18. The van der Waals surface area contributed by atoms with Crippen LogP contribution in [-0.2, 0) is 0 Å². The van der Waals surface area contributed by atoms with Crippen molar-refractivity contribution < 1.29 is 0 Å². The Morgan fingerprint density at radius 3 is 3.00 bits per heavy atom. The number of hydrogen-bond donors (Lipinski definition) is 1. The molecule has 0 radical (unpaired) electrons. The second-order valence-corrected chi connectivity index (χ2v) is 6.70. The van der Waals surface area contributed by atoms with E-state index in [2.05, 4.69) is 33.4 Å². The maximum atomic E-state index is 4.32. The molecule has 1 aromatic heterocycles. The van der Waals surface area contributed by atoms with Gasteiger partial charge in [-0.15, -0.1) is 11.3 Å². The van der Waals surface area contributed by atoms with Crippen molar-refractivity contribution in [2.45, 2.75) is 12.8 Å². The molecular weight excluding hydrogens is 254 g/mol. The molecule has 3 aliphatic heterocycles. The van der Waals surface area contributed by atoms with Crippen molar-refractivity contribution in [1.82, 2.24) is 9.88 Å². The van der Waals surface area contributed by atoms with Gasteiger partial charge < -0.3 is 10.2 Å². The summed E-state index contributed by atoms with van der Waals surface area (Å²) in [5, 5.41) is 3.63. The highest BCUT2D eigenvalue weighted by atomic mass is 32.1. The van der Waals surface area contributed by atoms with Gasteiger partial charge in [-0.3, -0.25) is 0 Å². The van der Waals surface area contributed by atoms with Crippen molar-refractivity contribution in [1.29, 1.82) is 0 Å². The smallest absolute Gasteiger partial charge is 0.0813 e. The van der Waals surface area contributed by atoms with E-state index in [1.807, 2.05) is 5.51 Å². The summed E-state index contributed by atoms with van der Waals surface area (Å²) in [6, 6.07) is 6.50. The Morgan fingerprint density at radius 1 is 1.32 bits per heavy atom. The maximum Gasteiger partial charge on any atom is 0.0813 e. The lowest BCUT2D eigenvalue weighted by Gasteiger charge is -2.45. The van der Waals surface area contributed by atoms with Gasteiger partial charge in [-0.1, -0.05) is 0 Å². The lowest BCUT2D eigenvalue weighted by atomic mass is 9.79. The predicted molar refractivity (Wildman–Crippen MR) is 80.8 cm³/mol. The van der Waals surface area contributed by atoms with E-state index in [1.54, 1.807) is 11.3 Å². The third-order valence-electron chi connectivity index (χ3n) is 4.69. The molecule has 0 amide bonds. The van der Waals surface area contributed by atoms with Gasteiger partial charge in [0.15, 0.2) is 0 Å². The van der Waals surface area contributed by atoms with Crippen LogP contribution in [0.4, 0.5) is 5.69 Å². The number of hydrogen-bond acceptors (Lipinski definition) is 4. The molecule has 3 fully saturated rings. The summed E-state index contributed by atoms with van der Waals surface area (Å²) in [7, 11) is 0. The predicted octanol–water partition coefficient (Wildman–Crippen LogP) is 3.05. The number of benzene rings is 1. The molecule has 2 aromatic rings. The quantitative estimate of drug-likeness (QED) is 0.931. The highest BCUT2D eigenvalue weighted by molar-refractivity contribution is 7.16. The summed E-state index contributed by atoms with van der Waals surface area (Å²) < 4.78 is 1.28. The molecule has 1 aromatic carbocycles. The van der Waals surface area contributed by atoms with Gasteiger partial charge in [0, 0.05) is 18.8 Å². The number of nitrogens with one attached hydrogen (secondary N) is 1. The van der Waals surface area contributed by atoms with Crippen LogP contribution in [0.15, 0.2) is 23.7 Å². The number of rotatable bonds is 3. The van der Waals surface area contributed by atoms with Gasteiger partial charge in [0.05, 0.1) is 15.7 Å². The van der Waals surface area contributed by atoms with Crippen LogP contribution in [0.3, 0.4) is 0 Å². The fraction of sp³-hybridized carbons (Fsp3) is 0.533. The fourth-order valence-corrected chi connectivity index (χ4v) is 4.25. The number of piperidine rings is 3. The Hall–Kier alpha value is -1.13. The van der Waals surface area contributed by atoms with E-state index in [0.717, 1.165) is 23.9 Å². The van der Waals surface area contributed by atoms with E-state index >= 15 is 0 Å². The largest absolute Gasteiger partial charge is 0.385 e. The van der Waals surface area contributed by atoms with Gasteiger partial charge in [0.1, 0.15) is 0 Å². The molecule has 3 aliphatic rings. The third kappa shape index (κ3) is 2.23. The number of nitrogens with zero attached hydrogens (tertiary/aromatic N) is 2. The molecule has 4 heteroatoms. The van der Waals surface area contributed by atoms with Gasteiger partial charge in [-0.25, -0.2) is 4.98 Å². The number of aromatic nitrogens is 1. The minimum absolute atomic E-state index is 0.833. The molecule has 1 atom stereocenters. The number of thiazole rings is 1. The van der Waals surface area contributed by atoms with E-state index < -0.39 is 0 Å². The lowest BCUT2D eigenvalue weighted by molar-refractivity contribution is 0.0574. The highest BCUT2D eigenvalue weighted by Crippen LogP contribution is 2.32. The molecule has 2 bridgehead atoms. The summed E-state index contributed by atoms with van der Waals surface area (Å²) in [5.74, 6) is 1.78. The summed E-state index contributed by atoms with van der Waals surface area (Å²) in [5.41, 5.74) is 4.27. The van der Waals surface area contributed by atoms with Crippen LogP contribution in [0.25, 0.3) is 10.2 Å².